The third kappa shape index (κ3) is 4.30. The Hall–Kier alpha value is -3.05. The maximum absolute atomic E-state index is 12.6. The maximum Gasteiger partial charge on any atom is 0.332 e. The Morgan fingerprint density at radius 2 is 1.61 bits per heavy atom. The van der Waals surface area contributed by atoms with Gasteiger partial charge in [0.2, 0.25) is 0 Å². The molecule has 0 amide bonds. The average molecular weight is 470 g/mol. The number of aromatic nitrogens is 4. The molecule has 1 aliphatic heterocycles. The Kier molecular flexibility index (Phi) is 6.35. The van der Waals surface area contributed by atoms with E-state index in [-0.39, 0.29) is 41.1 Å². The monoisotopic (exact) mass is 470 g/mol. The minimum atomic E-state index is -4.02. The van der Waals surface area contributed by atoms with Crippen LogP contribution in [0.25, 0.3) is 22.1 Å². The van der Waals surface area contributed by atoms with Crippen LogP contribution in [0.4, 0.5) is 11.4 Å². The molecule has 0 aliphatic carbocycles. The average Bonchev–Trinajstić information content (AvgIpc) is 2.78. The zero-order valence-electron chi connectivity index (χ0n) is 18.1. The van der Waals surface area contributed by atoms with Crippen LogP contribution in [0.15, 0.2) is 66.1 Å². The van der Waals surface area contributed by atoms with Crippen LogP contribution in [0.3, 0.4) is 0 Å². The van der Waals surface area contributed by atoms with E-state index in [9.17, 15) is 8.42 Å². The quantitative estimate of drug-likeness (QED) is 0.178. The first-order valence-corrected chi connectivity index (χ1v) is 11.1. The molecule has 2 aromatic carbocycles. The number of hydrogen-bond acceptors (Lipinski definition) is 9. The summed E-state index contributed by atoms with van der Waals surface area (Å²) in [6.45, 7) is 3.48. The summed E-state index contributed by atoms with van der Waals surface area (Å²) in [4.78, 5) is 17.6. The molecule has 1 N–H and O–H groups in total. The Labute approximate surface area is 212 Å². The van der Waals surface area contributed by atoms with E-state index in [2.05, 4.69) is 25.3 Å². The van der Waals surface area contributed by atoms with Gasteiger partial charge in [-0.2, -0.15) is 8.42 Å². The summed E-state index contributed by atoms with van der Waals surface area (Å²) in [5.74, 6) is 0.625. The molecule has 0 atom stereocenters. The van der Waals surface area contributed by atoms with Gasteiger partial charge in [-0.1, -0.05) is 18.2 Å². The maximum atomic E-state index is 12.6. The third-order valence-corrected chi connectivity index (χ3v) is 5.78. The largest absolute Gasteiger partial charge is 0.447 e. The number of fused-ring (bicyclic) bond motifs is 7. The number of benzene rings is 2. The zero-order valence-corrected chi connectivity index (χ0v) is 20.9. The molecule has 2 aromatic heterocycles. The molecule has 3 heterocycles. The molecule has 1 aliphatic rings. The Morgan fingerprint density at radius 1 is 0.970 bits per heavy atom. The molecule has 0 bridgehead atoms. The van der Waals surface area contributed by atoms with E-state index in [1.807, 2.05) is 0 Å². The summed E-state index contributed by atoms with van der Waals surface area (Å²) in [7, 11) is -4.02. The van der Waals surface area contributed by atoms with Crippen LogP contribution in [0.2, 0.25) is 0 Å². The molecule has 0 unspecified atom stereocenters. The van der Waals surface area contributed by atoms with Crippen molar-refractivity contribution in [2.45, 2.75) is 13.8 Å². The SMILES string of the molecule is CC=CC(C)=CS(=O)(=O)Oc1cccc2c1Oc1c(c3nccnc3c3nccnc13)N2.[Na]. The summed E-state index contributed by atoms with van der Waals surface area (Å²) in [6, 6.07) is 4.95. The molecule has 0 saturated heterocycles. The number of ether oxygens (including phenoxy) is 1. The van der Waals surface area contributed by atoms with Crippen LogP contribution >= 0.6 is 0 Å². The molecule has 11 heteroatoms. The predicted molar refractivity (Wildman–Crippen MR) is 126 cm³/mol. The number of rotatable bonds is 4. The Balaban J connectivity index is 0.00000259. The molecular formula is C22H17N5NaO4S. The van der Waals surface area contributed by atoms with Crippen molar-refractivity contribution in [1.82, 2.24) is 19.9 Å². The van der Waals surface area contributed by atoms with E-state index in [0.717, 1.165) is 5.41 Å². The molecule has 33 heavy (non-hydrogen) atoms. The normalized spacial score (nSPS) is 13.1. The smallest absolute Gasteiger partial charge is 0.332 e. The zero-order chi connectivity index (χ0) is 22.3. The second-order valence-corrected chi connectivity index (χ2v) is 8.40. The van der Waals surface area contributed by atoms with E-state index in [0.29, 0.717) is 44.8 Å². The van der Waals surface area contributed by atoms with Crippen molar-refractivity contribution >= 4 is 73.1 Å². The van der Waals surface area contributed by atoms with Crippen molar-refractivity contribution in [3.63, 3.8) is 0 Å². The number of nitrogens with one attached hydrogen (secondary N) is 1. The fraction of sp³-hybridized carbons (Fsp3) is 0.0909. The van der Waals surface area contributed by atoms with Crippen LogP contribution in [0, 0.1) is 0 Å². The van der Waals surface area contributed by atoms with E-state index in [1.165, 1.54) is 6.07 Å². The van der Waals surface area contributed by atoms with Gasteiger partial charge in [-0.15, -0.1) is 0 Å². The molecule has 0 fully saturated rings. The first-order valence-electron chi connectivity index (χ1n) is 9.67. The molecule has 5 rings (SSSR count). The molecule has 0 saturated carbocycles. The Bertz CT molecular complexity index is 1550. The summed E-state index contributed by atoms with van der Waals surface area (Å²) in [6.07, 6.45) is 9.69. The number of anilines is 2. The van der Waals surface area contributed by atoms with Gasteiger partial charge in [0.25, 0.3) is 0 Å². The van der Waals surface area contributed by atoms with Gasteiger partial charge in [0.15, 0.2) is 17.2 Å². The summed E-state index contributed by atoms with van der Waals surface area (Å²) < 4.78 is 36.6. The summed E-state index contributed by atoms with van der Waals surface area (Å²) in [5.41, 5.74) is 3.75. The minimum Gasteiger partial charge on any atom is -0.447 e. The fourth-order valence-corrected chi connectivity index (χ4v) is 4.48. The van der Waals surface area contributed by atoms with Crippen LogP contribution in [0.5, 0.6) is 17.2 Å². The molecular weight excluding hydrogens is 453 g/mol. The standard InChI is InChI=1S/C22H17N5O4S.Na/c1-3-5-13(2)12-32(28,29)31-15-7-4-6-14-21(15)30-22-19-17(24-10-11-26-19)16-18(20(22)27-14)25-9-8-23-16;/h3-12,27H,1-2H3;. The first-order chi connectivity index (χ1) is 15.5. The van der Waals surface area contributed by atoms with E-state index >= 15 is 0 Å². The molecule has 1 radical (unpaired) electrons. The fourth-order valence-electron chi connectivity index (χ4n) is 3.51. The van der Waals surface area contributed by atoms with Crippen molar-refractivity contribution in [3.05, 3.63) is 66.1 Å². The van der Waals surface area contributed by atoms with Crippen molar-refractivity contribution in [3.8, 4) is 17.2 Å². The number of allylic oxidation sites excluding steroid dienone is 3. The van der Waals surface area contributed by atoms with Crippen LogP contribution in [0.1, 0.15) is 13.8 Å². The number of hydrogen-bond donors (Lipinski definition) is 1. The minimum absolute atomic E-state index is 0. The number of para-hydroxylation sites is 1. The van der Waals surface area contributed by atoms with Crippen molar-refractivity contribution in [2.24, 2.45) is 0 Å². The Morgan fingerprint density at radius 3 is 2.30 bits per heavy atom. The van der Waals surface area contributed by atoms with Crippen LogP contribution < -0.4 is 14.2 Å². The van der Waals surface area contributed by atoms with E-state index in [4.69, 9.17) is 8.92 Å². The predicted octanol–water partition coefficient (Wildman–Crippen LogP) is 4.23. The summed E-state index contributed by atoms with van der Waals surface area (Å²) >= 11 is 0. The van der Waals surface area contributed by atoms with E-state index < -0.39 is 10.1 Å². The van der Waals surface area contributed by atoms with Crippen LogP contribution in [-0.2, 0) is 10.1 Å². The van der Waals surface area contributed by atoms with Crippen LogP contribution in [-0.4, -0.2) is 57.9 Å². The molecule has 9 nitrogen and oxygen atoms in total. The topological polar surface area (TPSA) is 116 Å². The van der Waals surface area contributed by atoms with Gasteiger partial charge in [0.05, 0.1) is 11.1 Å². The number of nitrogens with zero attached hydrogens (tertiary/aromatic N) is 4. The van der Waals surface area contributed by atoms with E-state index in [1.54, 1.807) is 62.9 Å². The molecule has 4 aromatic rings. The third-order valence-electron chi connectivity index (χ3n) is 4.71. The second kappa shape index (κ2) is 9.06. The molecule has 0 spiro atoms. The first kappa shape index (κ1) is 23.1. The van der Waals surface area contributed by atoms with Gasteiger partial charge in [-0.25, -0.2) is 4.98 Å². The van der Waals surface area contributed by atoms with Crippen molar-refractivity contribution < 1.29 is 17.3 Å². The van der Waals surface area contributed by atoms with Gasteiger partial charge in [-0.3, -0.25) is 15.0 Å². The van der Waals surface area contributed by atoms with Gasteiger partial charge in [-0.05, 0) is 31.6 Å². The van der Waals surface area contributed by atoms with Crippen molar-refractivity contribution in [2.75, 3.05) is 5.32 Å². The van der Waals surface area contributed by atoms with Gasteiger partial charge < -0.3 is 14.2 Å². The van der Waals surface area contributed by atoms with Gasteiger partial charge in [0, 0.05) is 54.3 Å². The van der Waals surface area contributed by atoms with Crippen molar-refractivity contribution in [1.29, 1.82) is 0 Å². The van der Waals surface area contributed by atoms with Gasteiger partial charge in [0.1, 0.15) is 27.8 Å². The molecule has 161 valence electrons. The second-order valence-electron chi connectivity index (χ2n) is 7.01. The van der Waals surface area contributed by atoms with Gasteiger partial charge >= 0.3 is 10.1 Å². The summed E-state index contributed by atoms with van der Waals surface area (Å²) in [5, 5.41) is 4.32.